The van der Waals surface area contributed by atoms with E-state index in [1.54, 1.807) is 25.3 Å². The van der Waals surface area contributed by atoms with Crippen molar-refractivity contribution in [1.29, 1.82) is 0 Å². The molecule has 1 aliphatic rings. The Kier molecular flexibility index (Phi) is 5.60. The van der Waals surface area contributed by atoms with Gasteiger partial charge in [0.25, 0.3) is 0 Å². The molecule has 0 bridgehead atoms. The number of methoxy groups -OCH3 is 1. The summed E-state index contributed by atoms with van der Waals surface area (Å²) in [7, 11) is 1.58. The lowest BCUT2D eigenvalue weighted by molar-refractivity contribution is -0.118. The number of hydrogen-bond acceptors (Lipinski definition) is 6. The Morgan fingerprint density at radius 1 is 1.25 bits per heavy atom. The number of hydroxylamine groups is 1. The predicted octanol–water partition coefficient (Wildman–Crippen LogP) is 0.564. The average Bonchev–Trinajstić information content (AvgIpc) is 2.47. The summed E-state index contributed by atoms with van der Waals surface area (Å²) in [6.45, 7) is 1.96. The quantitative estimate of drug-likeness (QED) is 0.562. The monoisotopic (exact) mass is 282 g/mol. The third-order valence-electron chi connectivity index (χ3n) is 2.55. The first-order valence-electron chi connectivity index (χ1n) is 6.32. The molecule has 1 aromatic carbocycles. The van der Waals surface area contributed by atoms with Crippen molar-refractivity contribution in [3.63, 3.8) is 0 Å². The Hall–Kier alpha value is -1.83. The number of carbonyl (C=O) groups excluding carboxylic acids is 1. The highest BCUT2D eigenvalue weighted by molar-refractivity contribution is 5.92. The van der Waals surface area contributed by atoms with E-state index in [4.69, 9.17) is 19.0 Å². The Morgan fingerprint density at radius 2 is 2.05 bits per heavy atom. The van der Waals surface area contributed by atoms with Gasteiger partial charge < -0.3 is 19.5 Å². The second-order valence-corrected chi connectivity index (χ2v) is 4.07. The van der Waals surface area contributed by atoms with Crippen molar-refractivity contribution >= 4 is 11.6 Å². The van der Waals surface area contributed by atoms with Gasteiger partial charge in [-0.05, 0) is 12.1 Å². The molecule has 110 valence electrons. The van der Waals surface area contributed by atoms with Crippen molar-refractivity contribution < 1.29 is 23.8 Å². The second kappa shape index (κ2) is 7.68. The summed E-state index contributed by atoms with van der Waals surface area (Å²) >= 11 is 0. The standard InChI is InChI=1S/C13H18N2O5/c1-17-4-7-20-14-9-13(16)15-10-2-3-11-12(8-10)19-6-5-18-11/h2-3,8,14H,4-7,9H2,1H3,(H,15,16). The van der Waals surface area contributed by atoms with E-state index in [9.17, 15) is 4.79 Å². The molecule has 0 spiro atoms. The number of carbonyl (C=O) groups is 1. The van der Waals surface area contributed by atoms with Gasteiger partial charge in [-0.3, -0.25) is 9.63 Å². The van der Waals surface area contributed by atoms with Gasteiger partial charge in [-0.25, -0.2) is 0 Å². The maximum atomic E-state index is 11.7. The minimum Gasteiger partial charge on any atom is -0.486 e. The number of rotatable bonds is 7. The minimum absolute atomic E-state index is 0.0537. The van der Waals surface area contributed by atoms with Crippen LogP contribution >= 0.6 is 0 Å². The molecule has 2 N–H and O–H groups in total. The first-order valence-corrected chi connectivity index (χ1v) is 6.32. The maximum Gasteiger partial charge on any atom is 0.240 e. The summed E-state index contributed by atoms with van der Waals surface area (Å²) in [5.41, 5.74) is 3.21. The molecule has 0 atom stereocenters. The van der Waals surface area contributed by atoms with Crippen molar-refractivity contribution in [2.24, 2.45) is 0 Å². The van der Waals surface area contributed by atoms with Crippen LogP contribution in [-0.4, -0.2) is 46.0 Å². The Balaban J connectivity index is 1.76. The highest BCUT2D eigenvalue weighted by Gasteiger charge is 2.12. The van der Waals surface area contributed by atoms with E-state index >= 15 is 0 Å². The highest BCUT2D eigenvalue weighted by Crippen LogP contribution is 2.32. The molecule has 1 aromatic rings. The number of fused-ring (bicyclic) bond motifs is 1. The van der Waals surface area contributed by atoms with Crippen molar-refractivity contribution in [2.75, 3.05) is 45.4 Å². The topological polar surface area (TPSA) is 78.1 Å². The zero-order chi connectivity index (χ0) is 14.2. The van der Waals surface area contributed by atoms with Gasteiger partial charge >= 0.3 is 0 Å². The van der Waals surface area contributed by atoms with Crippen LogP contribution in [0.3, 0.4) is 0 Å². The second-order valence-electron chi connectivity index (χ2n) is 4.07. The third-order valence-corrected chi connectivity index (χ3v) is 2.55. The summed E-state index contributed by atoms with van der Waals surface area (Å²) in [6, 6.07) is 5.27. The fraction of sp³-hybridized carbons (Fsp3) is 0.462. The number of anilines is 1. The van der Waals surface area contributed by atoms with E-state index in [-0.39, 0.29) is 12.5 Å². The fourth-order valence-electron chi connectivity index (χ4n) is 1.64. The lowest BCUT2D eigenvalue weighted by Gasteiger charge is -2.19. The van der Waals surface area contributed by atoms with Crippen LogP contribution in [0.4, 0.5) is 5.69 Å². The van der Waals surface area contributed by atoms with Gasteiger partial charge in [-0.2, -0.15) is 5.48 Å². The lowest BCUT2D eigenvalue weighted by Crippen LogP contribution is -2.29. The number of hydrogen-bond donors (Lipinski definition) is 2. The molecule has 7 nitrogen and oxygen atoms in total. The van der Waals surface area contributed by atoms with Gasteiger partial charge in [0, 0.05) is 18.9 Å². The molecule has 20 heavy (non-hydrogen) atoms. The third kappa shape index (κ3) is 4.37. The van der Waals surface area contributed by atoms with Gasteiger partial charge in [0.05, 0.1) is 13.2 Å². The zero-order valence-electron chi connectivity index (χ0n) is 11.3. The van der Waals surface area contributed by atoms with Crippen molar-refractivity contribution in [2.45, 2.75) is 0 Å². The van der Waals surface area contributed by atoms with Crippen molar-refractivity contribution in [1.82, 2.24) is 5.48 Å². The molecule has 0 fully saturated rings. The fourth-order valence-corrected chi connectivity index (χ4v) is 1.64. The van der Waals surface area contributed by atoms with Gasteiger partial charge in [-0.15, -0.1) is 0 Å². The molecule has 7 heteroatoms. The van der Waals surface area contributed by atoms with Crippen LogP contribution in [0.25, 0.3) is 0 Å². The van der Waals surface area contributed by atoms with E-state index in [0.717, 1.165) is 0 Å². The van der Waals surface area contributed by atoms with Crippen LogP contribution in [0.15, 0.2) is 18.2 Å². The van der Waals surface area contributed by atoms with E-state index in [0.29, 0.717) is 43.6 Å². The van der Waals surface area contributed by atoms with Gasteiger partial charge in [0.1, 0.15) is 19.8 Å². The highest BCUT2D eigenvalue weighted by atomic mass is 16.7. The molecule has 0 saturated heterocycles. The molecular formula is C13H18N2O5. The van der Waals surface area contributed by atoms with Gasteiger partial charge in [0.15, 0.2) is 11.5 Å². The Bertz CT molecular complexity index is 452. The molecule has 0 aliphatic carbocycles. The zero-order valence-corrected chi connectivity index (χ0v) is 11.3. The molecule has 2 rings (SSSR count). The molecular weight excluding hydrogens is 264 g/mol. The molecule has 1 heterocycles. The van der Waals surface area contributed by atoms with E-state index in [1.807, 2.05) is 0 Å². The summed E-state index contributed by atoms with van der Waals surface area (Å²) in [5, 5.41) is 2.73. The van der Waals surface area contributed by atoms with Crippen molar-refractivity contribution in [3.05, 3.63) is 18.2 Å². The first-order chi connectivity index (χ1) is 9.79. The normalized spacial score (nSPS) is 13.1. The molecule has 0 radical (unpaired) electrons. The molecule has 1 amide bonds. The van der Waals surface area contributed by atoms with E-state index in [1.165, 1.54) is 0 Å². The van der Waals surface area contributed by atoms with Gasteiger partial charge in [0.2, 0.25) is 5.91 Å². The van der Waals surface area contributed by atoms with E-state index in [2.05, 4.69) is 10.8 Å². The van der Waals surface area contributed by atoms with Gasteiger partial charge in [-0.1, -0.05) is 0 Å². The summed E-state index contributed by atoms with van der Waals surface area (Å²) in [4.78, 5) is 16.6. The van der Waals surface area contributed by atoms with Crippen LogP contribution in [0.2, 0.25) is 0 Å². The van der Waals surface area contributed by atoms with Crippen LogP contribution in [-0.2, 0) is 14.4 Å². The van der Waals surface area contributed by atoms with Crippen LogP contribution < -0.4 is 20.3 Å². The SMILES string of the molecule is COCCONCC(=O)Nc1ccc2c(c1)OCCO2. The largest absolute Gasteiger partial charge is 0.486 e. The maximum absolute atomic E-state index is 11.7. The smallest absolute Gasteiger partial charge is 0.240 e. The number of ether oxygens (including phenoxy) is 3. The molecule has 0 saturated carbocycles. The summed E-state index contributed by atoms with van der Waals surface area (Å²) in [6.07, 6.45) is 0. The van der Waals surface area contributed by atoms with Crippen LogP contribution in [0, 0.1) is 0 Å². The van der Waals surface area contributed by atoms with Crippen LogP contribution in [0.5, 0.6) is 11.5 Å². The lowest BCUT2D eigenvalue weighted by atomic mass is 10.2. The average molecular weight is 282 g/mol. The number of benzene rings is 1. The molecule has 0 unspecified atom stereocenters. The molecule has 1 aliphatic heterocycles. The van der Waals surface area contributed by atoms with Crippen molar-refractivity contribution in [3.8, 4) is 11.5 Å². The number of nitrogens with one attached hydrogen (secondary N) is 2. The van der Waals surface area contributed by atoms with E-state index < -0.39 is 0 Å². The summed E-state index contributed by atoms with van der Waals surface area (Å²) in [5.74, 6) is 1.12. The minimum atomic E-state index is -0.209. The first kappa shape index (κ1) is 14.6. The number of amides is 1. The predicted molar refractivity (Wildman–Crippen MR) is 71.9 cm³/mol. The Morgan fingerprint density at radius 3 is 2.85 bits per heavy atom. The summed E-state index contributed by atoms with van der Waals surface area (Å²) < 4.78 is 15.7. The molecule has 0 aromatic heterocycles. The van der Waals surface area contributed by atoms with Crippen LogP contribution in [0.1, 0.15) is 0 Å². The Labute approximate surface area is 117 Å².